The summed E-state index contributed by atoms with van der Waals surface area (Å²) >= 11 is 0. The number of rotatable bonds is 10. The Morgan fingerprint density at radius 3 is 2.47 bits per heavy atom. The molecule has 0 radical (unpaired) electrons. The van der Waals surface area contributed by atoms with Gasteiger partial charge in [0.2, 0.25) is 0 Å². The largest absolute Gasteiger partial charge is 0.508 e. The first-order valence-electron chi connectivity index (χ1n) is 11.4. The second-order valence-electron chi connectivity index (χ2n) is 8.32. The Balaban J connectivity index is 1.19. The maximum Gasteiger partial charge on any atom is 0.115 e. The zero-order chi connectivity index (χ0) is 20.6. The van der Waals surface area contributed by atoms with E-state index in [9.17, 15) is 5.11 Å². The van der Waals surface area contributed by atoms with Crippen molar-refractivity contribution in [3.63, 3.8) is 0 Å². The van der Waals surface area contributed by atoms with Crippen LogP contribution in [0.4, 0.5) is 5.69 Å². The molecular formula is C26H33N3O. The highest BCUT2D eigenvalue weighted by atomic mass is 16.3. The Morgan fingerprint density at radius 1 is 0.833 bits per heavy atom. The van der Waals surface area contributed by atoms with Crippen molar-refractivity contribution < 1.29 is 5.11 Å². The molecule has 4 heteroatoms. The van der Waals surface area contributed by atoms with Gasteiger partial charge >= 0.3 is 0 Å². The summed E-state index contributed by atoms with van der Waals surface area (Å²) in [5.41, 5.74) is 6.44. The van der Waals surface area contributed by atoms with Crippen LogP contribution in [0.1, 0.15) is 55.3 Å². The van der Waals surface area contributed by atoms with E-state index >= 15 is 0 Å². The van der Waals surface area contributed by atoms with Crippen LogP contribution in [0.15, 0.2) is 48.5 Å². The summed E-state index contributed by atoms with van der Waals surface area (Å²) in [5.74, 6) is 0.327. The van der Waals surface area contributed by atoms with Gasteiger partial charge in [0.1, 0.15) is 5.75 Å². The molecule has 4 nitrogen and oxygen atoms in total. The van der Waals surface area contributed by atoms with Gasteiger partial charge in [-0.15, -0.1) is 0 Å². The molecule has 0 bridgehead atoms. The van der Waals surface area contributed by atoms with Gasteiger partial charge in [0.15, 0.2) is 0 Å². The number of nitrogens with one attached hydrogen (secondary N) is 2. The number of hydrogen-bond donors (Lipinski definition) is 3. The van der Waals surface area contributed by atoms with Crippen molar-refractivity contribution in [2.75, 3.05) is 18.4 Å². The van der Waals surface area contributed by atoms with Crippen molar-refractivity contribution in [1.82, 2.24) is 10.3 Å². The van der Waals surface area contributed by atoms with Gasteiger partial charge in [-0.05, 0) is 74.4 Å². The van der Waals surface area contributed by atoms with Crippen molar-refractivity contribution >= 4 is 16.6 Å². The number of anilines is 1. The van der Waals surface area contributed by atoms with Gasteiger partial charge in [-0.3, -0.25) is 4.98 Å². The molecule has 2 aromatic carbocycles. The standard InChI is InChI=1S/C26H33N3O/c30-21-15-13-20(14-16-21)19-27-17-7-1-2-8-18-28-26-22-9-3-5-11-24(22)29-25-12-6-4-10-23(25)26/h3,5,9,11,13-16,27,30H,1-2,4,6-8,10,12,17-19H2,(H,28,29). The molecule has 1 aliphatic rings. The van der Waals surface area contributed by atoms with E-state index in [2.05, 4.69) is 34.9 Å². The minimum atomic E-state index is 0.327. The van der Waals surface area contributed by atoms with Crippen LogP contribution in [0.2, 0.25) is 0 Å². The molecule has 0 fully saturated rings. The van der Waals surface area contributed by atoms with Gasteiger partial charge < -0.3 is 15.7 Å². The Hall–Kier alpha value is -2.59. The number of para-hydroxylation sites is 1. The first-order chi connectivity index (χ1) is 14.8. The van der Waals surface area contributed by atoms with E-state index in [4.69, 9.17) is 4.98 Å². The number of unbranched alkanes of at least 4 members (excludes halogenated alkanes) is 3. The zero-order valence-corrected chi connectivity index (χ0v) is 17.8. The van der Waals surface area contributed by atoms with Crippen molar-refractivity contribution in [2.45, 2.75) is 57.9 Å². The van der Waals surface area contributed by atoms with E-state index in [1.165, 1.54) is 66.4 Å². The number of phenols is 1. The maximum atomic E-state index is 9.32. The van der Waals surface area contributed by atoms with Crippen molar-refractivity contribution in [3.8, 4) is 5.75 Å². The third-order valence-corrected chi connectivity index (χ3v) is 6.02. The Kier molecular flexibility index (Phi) is 7.20. The summed E-state index contributed by atoms with van der Waals surface area (Å²) in [4.78, 5) is 4.93. The van der Waals surface area contributed by atoms with E-state index in [1.54, 1.807) is 12.1 Å². The summed E-state index contributed by atoms with van der Waals surface area (Å²) < 4.78 is 0. The highest BCUT2D eigenvalue weighted by Crippen LogP contribution is 2.33. The third kappa shape index (κ3) is 5.31. The predicted octanol–water partition coefficient (Wildman–Crippen LogP) is 5.58. The second-order valence-corrected chi connectivity index (χ2v) is 8.32. The van der Waals surface area contributed by atoms with Crippen LogP contribution in [-0.2, 0) is 19.4 Å². The number of phenolic OH excluding ortho intramolecular Hbond substituents is 1. The van der Waals surface area contributed by atoms with E-state index < -0.39 is 0 Å². The van der Waals surface area contributed by atoms with E-state index in [0.29, 0.717) is 5.75 Å². The monoisotopic (exact) mass is 403 g/mol. The maximum absolute atomic E-state index is 9.32. The van der Waals surface area contributed by atoms with E-state index in [-0.39, 0.29) is 0 Å². The fraction of sp³-hybridized carbons (Fsp3) is 0.423. The SMILES string of the molecule is Oc1ccc(CNCCCCCCNc2c3c(nc4ccccc24)CCCC3)cc1. The van der Waals surface area contributed by atoms with Crippen LogP contribution in [0.3, 0.4) is 0 Å². The van der Waals surface area contributed by atoms with Gasteiger partial charge in [0.05, 0.1) is 5.52 Å². The van der Waals surface area contributed by atoms with Crippen LogP contribution >= 0.6 is 0 Å². The molecule has 0 amide bonds. The molecule has 1 aliphatic carbocycles. The molecule has 158 valence electrons. The number of aromatic hydroxyl groups is 1. The van der Waals surface area contributed by atoms with Crippen molar-refractivity contribution in [2.24, 2.45) is 0 Å². The lowest BCUT2D eigenvalue weighted by Gasteiger charge is -2.21. The quantitative estimate of drug-likeness (QED) is 0.387. The molecule has 1 aromatic heterocycles. The van der Waals surface area contributed by atoms with Gasteiger partial charge in [0.25, 0.3) is 0 Å². The first kappa shape index (κ1) is 20.7. The summed E-state index contributed by atoms with van der Waals surface area (Å²) in [5, 5.41) is 17.9. The fourth-order valence-corrected chi connectivity index (χ4v) is 4.36. The molecule has 0 aliphatic heterocycles. The number of aromatic nitrogens is 1. The van der Waals surface area contributed by atoms with Crippen LogP contribution in [-0.4, -0.2) is 23.2 Å². The zero-order valence-electron chi connectivity index (χ0n) is 17.8. The van der Waals surface area contributed by atoms with Crippen LogP contribution in [0.25, 0.3) is 10.9 Å². The average molecular weight is 404 g/mol. The molecule has 3 aromatic rings. The molecule has 3 N–H and O–H groups in total. The second kappa shape index (κ2) is 10.4. The lowest BCUT2D eigenvalue weighted by molar-refractivity contribution is 0.475. The minimum Gasteiger partial charge on any atom is -0.508 e. The molecule has 4 rings (SSSR count). The Bertz CT molecular complexity index is 952. The Labute approximate surface area is 179 Å². The summed E-state index contributed by atoms with van der Waals surface area (Å²) in [6.45, 7) is 2.93. The van der Waals surface area contributed by atoms with Gasteiger partial charge in [-0.1, -0.05) is 43.2 Å². The number of aryl methyl sites for hydroxylation is 1. The smallest absolute Gasteiger partial charge is 0.115 e. The average Bonchev–Trinajstić information content (AvgIpc) is 2.78. The number of hydrogen-bond acceptors (Lipinski definition) is 4. The normalized spacial score (nSPS) is 13.3. The summed E-state index contributed by atoms with van der Waals surface area (Å²) in [6, 6.07) is 16.0. The summed E-state index contributed by atoms with van der Waals surface area (Å²) in [6.07, 6.45) is 9.71. The van der Waals surface area contributed by atoms with Crippen molar-refractivity contribution in [3.05, 3.63) is 65.4 Å². The fourth-order valence-electron chi connectivity index (χ4n) is 4.36. The van der Waals surface area contributed by atoms with Crippen molar-refractivity contribution in [1.29, 1.82) is 0 Å². The van der Waals surface area contributed by atoms with Crippen LogP contribution in [0, 0.1) is 0 Å². The number of benzene rings is 2. The number of nitrogens with zero attached hydrogens (tertiary/aromatic N) is 1. The highest BCUT2D eigenvalue weighted by molar-refractivity contribution is 5.93. The molecule has 1 heterocycles. The molecule has 0 unspecified atom stereocenters. The Morgan fingerprint density at radius 2 is 1.60 bits per heavy atom. The van der Waals surface area contributed by atoms with Crippen LogP contribution in [0.5, 0.6) is 5.75 Å². The molecular weight excluding hydrogens is 370 g/mol. The van der Waals surface area contributed by atoms with Gasteiger partial charge in [-0.25, -0.2) is 0 Å². The minimum absolute atomic E-state index is 0.327. The number of pyridine rings is 1. The molecule has 30 heavy (non-hydrogen) atoms. The number of fused-ring (bicyclic) bond motifs is 2. The molecule has 0 spiro atoms. The van der Waals surface area contributed by atoms with E-state index in [0.717, 1.165) is 38.0 Å². The first-order valence-corrected chi connectivity index (χ1v) is 11.4. The van der Waals surface area contributed by atoms with E-state index in [1.807, 2.05) is 12.1 Å². The molecule has 0 saturated carbocycles. The molecule has 0 saturated heterocycles. The van der Waals surface area contributed by atoms with Crippen LogP contribution < -0.4 is 10.6 Å². The topological polar surface area (TPSA) is 57.2 Å². The predicted molar refractivity (Wildman–Crippen MR) is 125 cm³/mol. The van der Waals surface area contributed by atoms with Gasteiger partial charge in [0, 0.05) is 29.9 Å². The third-order valence-electron chi connectivity index (χ3n) is 6.02. The highest BCUT2D eigenvalue weighted by Gasteiger charge is 2.17. The molecule has 0 atom stereocenters. The van der Waals surface area contributed by atoms with Gasteiger partial charge in [-0.2, -0.15) is 0 Å². The summed E-state index contributed by atoms with van der Waals surface area (Å²) in [7, 11) is 0. The lowest BCUT2D eigenvalue weighted by atomic mass is 9.92. The lowest BCUT2D eigenvalue weighted by Crippen LogP contribution is -2.14.